The Morgan fingerprint density at radius 2 is 1.87 bits per heavy atom. The first-order valence-corrected chi connectivity index (χ1v) is 14.4. The number of aryl methyl sites for hydroxylation is 1. The zero-order chi connectivity index (χ0) is 33.6. The van der Waals surface area contributed by atoms with Crippen LogP contribution in [0, 0.1) is 0 Å². The predicted molar refractivity (Wildman–Crippen MR) is 164 cm³/mol. The first-order valence-electron chi connectivity index (χ1n) is 14.0. The summed E-state index contributed by atoms with van der Waals surface area (Å²) in [6.45, 7) is 6.68. The molecule has 1 aromatic carbocycles. The highest BCUT2D eigenvalue weighted by atomic mass is 35.5. The summed E-state index contributed by atoms with van der Waals surface area (Å²) in [4.78, 5) is 49.8. The number of hydrogen-bond acceptors (Lipinski definition) is 11. The number of ether oxygens (including phenoxy) is 2. The topological polar surface area (TPSA) is 225 Å². The molecule has 46 heavy (non-hydrogen) atoms. The number of aliphatic carboxylic acids is 2. The number of nitrogen functional groups attached to an aromatic ring is 1. The van der Waals surface area contributed by atoms with E-state index in [1.54, 1.807) is 30.5 Å². The maximum atomic E-state index is 12.7. The number of nitrogens with two attached hydrogens (primary N) is 1. The summed E-state index contributed by atoms with van der Waals surface area (Å²) in [7, 11) is 0. The van der Waals surface area contributed by atoms with Crippen LogP contribution in [-0.2, 0) is 32.0 Å². The number of fused-ring (bicyclic) bond motifs is 1. The van der Waals surface area contributed by atoms with Gasteiger partial charge in [0.05, 0.1) is 12.9 Å². The second-order valence-electron chi connectivity index (χ2n) is 10.9. The van der Waals surface area contributed by atoms with Gasteiger partial charge in [0, 0.05) is 24.7 Å². The number of carboxylic acid groups (broad SMARTS) is 2. The molecule has 0 unspecified atom stereocenters. The molecule has 4 heterocycles. The molecule has 5 rings (SSSR count). The van der Waals surface area contributed by atoms with E-state index in [-0.39, 0.29) is 39.0 Å². The summed E-state index contributed by atoms with van der Waals surface area (Å²) >= 11 is 5.96. The highest BCUT2D eigenvalue weighted by Gasteiger charge is 2.58. The van der Waals surface area contributed by atoms with Crippen molar-refractivity contribution >= 4 is 40.5 Å². The molecule has 0 saturated carbocycles. The van der Waals surface area contributed by atoms with Gasteiger partial charge in [-0.15, -0.1) is 0 Å². The van der Waals surface area contributed by atoms with E-state index in [9.17, 15) is 34.8 Å². The minimum Gasteiger partial charge on any atom is -0.479 e. The van der Waals surface area contributed by atoms with Gasteiger partial charge in [-0.2, -0.15) is 9.97 Å². The molecule has 1 saturated heterocycles. The molecule has 0 aliphatic carbocycles. The molecule has 0 spiro atoms. The fourth-order valence-electron chi connectivity index (χ4n) is 5.49. The van der Waals surface area contributed by atoms with Crippen molar-refractivity contribution in [1.29, 1.82) is 0 Å². The van der Waals surface area contributed by atoms with Crippen LogP contribution < -0.4 is 11.3 Å². The van der Waals surface area contributed by atoms with Crippen LogP contribution in [0.15, 0.2) is 65.9 Å². The lowest BCUT2D eigenvalue weighted by atomic mass is 9.85. The van der Waals surface area contributed by atoms with Crippen molar-refractivity contribution in [2.45, 2.75) is 56.5 Å². The van der Waals surface area contributed by atoms with E-state index in [2.05, 4.69) is 21.5 Å². The Bertz CT molecular complexity index is 1880. The number of benzene rings is 1. The van der Waals surface area contributed by atoms with E-state index in [0.717, 1.165) is 0 Å². The Hall–Kier alpha value is -4.67. The Kier molecular flexibility index (Phi) is 8.72. The van der Waals surface area contributed by atoms with E-state index in [1.807, 2.05) is 6.92 Å². The summed E-state index contributed by atoms with van der Waals surface area (Å²) in [6.07, 6.45) is -2.34. The first kappa shape index (κ1) is 32.7. The summed E-state index contributed by atoms with van der Waals surface area (Å²) < 4.78 is 14.4. The van der Waals surface area contributed by atoms with Crippen LogP contribution in [0.5, 0.6) is 0 Å². The molecule has 0 amide bonds. The molecular weight excluding hydrogens is 624 g/mol. The number of aliphatic hydroxyl groups excluding tert-OH is 1. The fraction of sp³-hybridized carbons (Fsp3) is 0.333. The van der Waals surface area contributed by atoms with Crippen molar-refractivity contribution in [3.63, 3.8) is 0 Å². The lowest BCUT2D eigenvalue weighted by molar-refractivity contribution is -0.191. The standard InChI is InChI=1S/C30H31ClN6O9/c1-4-36-11-5-6-18(24(36)39)17-9-7-16(8-10-17)12-29(26(40)41,27(42)43)45-13-19-30(44,15(2)3)21(38)25(46-19)37-14-33-20-22(32)34-28(31)35-23(20)37/h5-11,14,19,21,25,38,44H,2,4,12-13H2,1,3H3,(H,40,41)(H,42,43)(H2,32,34,35)/t19-,21+,25-,30-/m1/s1. The highest BCUT2D eigenvalue weighted by Crippen LogP contribution is 2.43. The summed E-state index contributed by atoms with van der Waals surface area (Å²) in [5.41, 5.74) is 2.11. The maximum Gasteiger partial charge on any atom is 0.348 e. The van der Waals surface area contributed by atoms with Gasteiger partial charge in [-0.25, -0.2) is 14.6 Å². The molecule has 3 aromatic heterocycles. The van der Waals surface area contributed by atoms with E-state index >= 15 is 0 Å². The molecule has 6 N–H and O–H groups in total. The summed E-state index contributed by atoms with van der Waals surface area (Å²) in [6, 6.07) is 9.55. The largest absolute Gasteiger partial charge is 0.479 e. The van der Waals surface area contributed by atoms with E-state index in [0.29, 0.717) is 17.7 Å². The number of halogens is 1. The normalized spacial score (nSPS) is 21.5. The van der Waals surface area contributed by atoms with Gasteiger partial charge >= 0.3 is 11.9 Å². The maximum absolute atomic E-state index is 12.7. The van der Waals surface area contributed by atoms with Gasteiger partial charge in [-0.3, -0.25) is 9.36 Å². The lowest BCUT2D eigenvalue weighted by Gasteiger charge is -2.33. The molecule has 1 aliphatic heterocycles. The van der Waals surface area contributed by atoms with Crippen molar-refractivity contribution in [1.82, 2.24) is 24.1 Å². The zero-order valence-corrected chi connectivity index (χ0v) is 25.5. The third-order valence-electron chi connectivity index (χ3n) is 8.15. The van der Waals surface area contributed by atoms with Gasteiger partial charge < -0.3 is 40.2 Å². The third kappa shape index (κ3) is 5.41. The SMILES string of the molecule is C=C(C)[C@@]1(O)[C@@H](COC(Cc2ccc(-c3cccn(CC)c3=O)cc2)(C(=O)O)C(=O)O)O[C@@H](n2cnc3c(N)nc(Cl)nc32)[C@@H]1O. The average Bonchev–Trinajstić information content (AvgIpc) is 3.54. The van der Waals surface area contributed by atoms with Gasteiger partial charge in [-0.1, -0.05) is 30.8 Å². The van der Waals surface area contributed by atoms with Crippen molar-refractivity contribution in [2.75, 3.05) is 12.3 Å². The quantitative estimate of drug-likeness (QED) is 0.0882. The molecule has 0 bridgehead atoms. The summed E-state index contributed by atoms with van der Waals surface area (Å²) in [5.74, 6) is -3.66. The Morgan fingerprint density at radius 3 is 2.48 bits per heavy atom. The fourth-order valence-corrected chi connectivity index (χ4v) is 5.66. The number of rotatable bonds is 11. The number of anilines is 1. The van der Waals surface area contributed by atoms with E-state index in [4.69, 9.17) is 26.8 Å². The van der Waals surface area contributed by atoms with Gasteiger partial charge in [0.15, 0.2) is 17.7 Å². The van der Waals surface area contributed by atoms with Crippen molar-refractivity contribution < 1.29 is 39.5 Å². The number of aromatic nitrogens is 5. The molecule has 1 aliphatic rings. The molecule has 15 nitrogen and oxygen atoms in total. The molecule has 4 atom stereocenters. The van der Waals surface area contributed by atoms with Crippen molar-refractivity contribution in [3.8, 4) is 11.1 Å². The smallest absolute Gasteiger partial charge is 0.348 e. The number of hydrogen-bond donors (Lipinski definition) is 5. The number of carboxylic acids is 2. The Balaban J connectivity index is 1.43. The summed E-state index contributed by atoms with van der Waals surface area (Å²) in [5, 5.41) is 43.0. The number of nitrogens with zero attached hydrogens (tertiary/aromatic N) is 5. The number of carbonyl (C=O) groups is 2. The van der Waals surface area contributed by atoms with Gasteiger partial charge in [0.2, 0.25) is 5.28 Å². The van der Waals surface area contributed by atoms with Crippen molar-refractivity contribution in [2.24, 2.45) is 0 Å². The minimum atomic E-state index is -2.83. The predicted octanol–water partition coefficient (Wildman–Crippen LogP) is 1.64. The zero-order valence-electron chi connectivity index (χ0n) is 24.7. The molecule has 0 radical (unpaired) electrons. The van der Waals surface area contributed by atoms with Crippen LogP contribution in [0.4, 0.5) is 5.82 Å². The van der Waals surface area contributed by atoms with E-state index < -0.39 is 54.6 Å². The molecular formula is C30H31ClN6O9. The number of aliphatic hydroxyl groups is 2. The molecule has 4 aromatic rings. The van der Waals surface area contributed by atoms with Crippen LogP contribution >= 0.6 is 11.6 Å². The number of pyridine rings is 1. The molecule has 1 fully saturated rings. The Labute approximate surface area is 266 Å². The van der Waals surface area contributed by atoms with E-state index in [1.165, 1.54) is 34.5 Å². The second kappa shape index (κ2) is 12.3. The van der Waals surface area contributed by atoms with Gasteiger partial charge in [-0.05, 0) is 54.3 Å². The average molecular weight is 655 g/mol. The lowest BCUT2D eigenvalue weighted by Crippen LogP contribution is -2.55. The van der Waals surface area contributed by atoms with Crippen LogP contribution in [0.1, 0.15) is 25.6 Å². The van der Waals surface area contributed by atoms with Crippen LogP contribution in [0.2, 0.25) is 5.28 Å². The number of imidazole rings is 1. The van der Waals surface area contributed by atoms with Gasteiger partial charge in [0.1, 0.15) is 23.3 Å². The monoisotopic (exact) mass is 654 g/mol. The molecule has 242 valence electrons. The molecule has 16 heteroatoms. The van der Waals surface area contributed by atoms with Crippen LogP contribution in [0.3, 0.4) is 0 Å². The third-order valence-corrected chi connectivity index (χ3v) is 8.31. The van der Waals surface area contributed by atoms with Crippen LogP contribution in [-0.4, -0.2) is 86.5 Å². The highest BCUT2D eigenvalue weighted by molar-refractivity contribution is 6.28. The van der Waals surface area contributed by atoms with Crippen molar-refractivity contribution in [3.05, 3.63) is 82.3 Å². The first-order chi connectivity index (χ1) is 21.7. The second-order valence-corrected chi connectivity index (χ2v) is 11.2. The Morgan fingerprint density at radius 1 is 1.20 bits per heavy atom. The van der Waals surface area contributed by atoms with Gasteiger partial charge in [0.25, 0.3) is 11.2 Å². The minimum absolute atomic E-state index is 0.0302. The van der Waals surface area contributed by atoms with Crippen LogP contribution in [0.25, 0.3) is 22.3 Å².